The quantitative estimate of drug-likeness (QED) is 0.743. The summed E-state index contributed by atoms with van der Waals surface area (Å²) < 4.78 is 12.3. The number of rotatable bonds is 3. The predicted octanol–water partition coefficient (Wildman–Crippen LogP) is 2.58. The predicted molar refractivity (Wildman–Crippen MR) is 109 cm³/mol. The zero-order chi connectivity index (χ0) is 16.7. The molecule has 4 nitrogen and oxygen atoms in total. The van der Waals surface area contributed by atoms with Crippen LogP contribution in [0.3, 0.4) is 0 Å². The molecule has 2 heterocycles. The van der Waals surface area contributed by atoms with E-state index in [9.17, 15) is 0 Å². The Morgan fingerprint density at radius 2 is 1.52 bits per heavy atom. The van der Waals surface area contributed by atoms with Crippen LogP contribution in [0.15, 0.2) is 24.3 Å². The van der Waals surface area contributed by atoms with E-state index in [1.165, 1.54) is 5.56 Å². The third kappa shape index (κ3) is 5.12. The van der Waals surface area contributed by atoms with Gasteiger partial charge in [0.15, 0.2) is 0 Å². The van der Waals surface area contributed by atoms with E-state index in [2.05, 4.69) is 68.8 Å². The number of hydrogen-bond acceptors (Lipinski definition) is 4. The van der Waals surface area contributed by atoms with Gasteiger partial charge in [-0.2, -0.15) is 0 Å². The molecule has 0 unspecified atom stereocenters. The SMILES string of the molecule is CN1CCN(Cc2cccc(B3OC(C)(C)C(C)(C)O3)c2)CC1.Cl.Cl. The fourth-order valence-electron chi connectivity index (χ4n) is 3.08. The van der Waals surface area contributed by atoms with Gasteiger partial charge in [0.25, 0.3) is 0 Å². The van der Waals surface area contributed by atoms with E-state index in [1.807, 2.05) is 0 Å². The molecule has 0 N–H and O–H groups in total. The van der Waals surface area contributed by atoms with Crippen molar-refractivity contribution >= 4 is 37.4 Å². The number of nitrogens with zero attached hydrogens (tertiary/aromatic N) is 2. The lowest BCUT2D eigenvalue weighted by Crippen LogP contribution is -2.44. The molecule has 7 heteroatoms. The van der Waals surface area contributed by atoms with E-state index in [4.69, 9.17) is 9.31 Å². The van der Waals surface area contributed by atoms with E-state index >= 15 is 0 Å². The van der Waals surface area contributed by atoms with Crippen molar-refractivity contribution in [3.8, 4) is 0 Å². The van der Waals surface area contributed by atoms with Gasteiger partial charge < -0.3 is 14.2 Å². The largest absolute Gasteiger partial charge is 0.494 e. The summed E-state index contributed by atoms with van der Waals surface area (Å²) in [5.41, 5.74) is 1.88. The highest BCUT2D eigenvalue weighted by molar-refractivity contribution is 6.62. The van der Waals surface area contributed by atoms with Crippen LogP contribution in [0.1, 0.15) is 33.3 Å². The van der Waals surface area contributed by atoms with Crippen LogP contribution in [0, 0.1) is 0 Å². The Kier molecular flexibility index (Phi) is 7.82. The van der Waals surface area contributed by atoms with E-state index in [-0.39, 0.29) is 43.1 Å². The topological polar surface area (TPSA) is 24.9 Å². The molecular weight excluding hydrogens is 358 g/mol. The first-order valence-corrected chi connectivity index (χ1v) is 8.62. The number of hydrogen-bond donors (Lipinski definition) is 0. The van der Waals surface area contributed by atoms with E-state index in [0.717, 1.165) is 38.2 Å². The Bertz CT molecular complexity index is 548. The van der Waals surface area contributed by atoms with Gasteiger partial charge in [-0.3, -0.25) is 4.90 Å². The fraction of sp³-hybridized carbons (Fsp3) is 0.667. The molecule has 2 fully saturated rings. The molecule has 0 saturated carbocycles. The van der Waals surface area contributed by atoms with E-state index < -0.39 is 0 Å². The summed E-state index contributed by atoms with van der Waals surface area (Å²) in [4.78, 5) is 4.90. The molecule has 0 aliphatic carbocycles. The van der Waals surface area contributed by atoms with Crippen molar-refractivity contribution < 1.29 is 9.31 Å². The molecule has 0 bridgehead atoms. The number of likely N-dealkylation sites (N-methyl/N-ethyl adjacent to an activating group) is 1. The zero-order valence-electron chi connectivity index (χ0n) is 15.9. The molecule has 1 aromatic carbocycles. The lowest BCUT2D eigenvalue weighted by Gasteiger charge is -2.32. The van der Waals surface area contributed by atoms with Crippen molar-refractivity contribution in [2.75, 3.05) is 33.2 Å². The average molecular weight is 389 g/mol. The minimum Gasteiger partial charge on any atom is -0.399 e. The second-order valence-electron chi connectivity index (χ2n) is 7.91. The Hall–Kier alpha value is -0.295. The van der Waals surface area contributed by atoms with Crippen molar-refractivity contribution in [2.24, 2.45) is 0 Å². The summed E-state index contributed by atoms with van der Waals surface area (Å²) in [5.74, 6) is 0. The maximum Gasteiger partial charge on any atom is 0.494 e. The van der Waals surface area contributed by atoms with Gasteiger partial charge in [-0.1, -0.05) is 24.3 Å². The second kappa shape index (κ2) is 8.60. The standard InChI is InChI=1S/C18H29BN2O2.2ClH/c1-17(2)18(3,4)23-19(22-17)16-8-6-7-15(13-16)14-21-11-9-20(5)10-12-21;;/h6-8,13H,9-12,14H2,1-5H3;2*1H. The minimum atomic E-state index is -0.287. The van der Waals surface area contributed by atoms with Crippen molar-refractivity contribution in [2.45, 2.75) is 45.4 Å². The first kappa shape index (κ1) is 22.7. The Balaban J connectivity index is 0.00000156. The van der Waals surface area contributed by atoms with Gasteiger partial charge in [0, 0.05) is 32.7 Å². The summed E-state index contributed by atoms with van der Waals surface area (Å²) in [6.07, 6.45) is 0. The molecule has 2 saturated heterocycles. The van der Waals surface area contributed by atoms with Crippen LogP contribution in [-0.2, 0) is 15.9 Å². The van der Waals surface area contributed by atoms with Gasteiger partial charge in [-0.15, -0.1) is 24.8 Å². The van der Waals surface area contributed by atoms with E-state index in [1.54, 1.807) is 0 Å². The normalized spacial score (nSPS) is 23.0. The molecule has 2 aliphatic rings. The maximum atomic E-state index is 6.17. The highest BCUT2D eigenvalue weighted by atomic mass is 35.5. The molecule has 2 aliphatic heterocycles. The third-order valence-corrected chi connectivity index (χ3v) is 5.48. The van der Waals surface area contributed by atoms with Crippen LogP contribution < -0.4 is 5.46 Å². The smallest absolute Gasteiger partial charge is 0.399 e. The summed E-state index contributed by atoms with van der Waals surface area (Å²) >= 11 is 0. The summed E-state index contributed by atoms with van der Waals surface area (Å²) in [7, 11) is 1.92. The molecule has 3 rings (SSSR count). The van der Waals surface area contributed by atoms with Crippen molar-refractivity contribution in [3.63, 3.8) is 0 Å². The lowest BCUT2D eigenvalue weighted by molar-refractivity contribution is 0.00578. The van der Waals surface area contributed by atoms with Gasteiger partial charge in [-0.05, 0) is 45.8 Å². The fourth-order valence-corrected chi connectivity index (χ4v) is 3.08. The van der Waals surface area contributed by atoms with Crippen LogP contribution >= 0.6 is 24.8 Å². The molecular formula is C18H31BCl2N2O2. The molecule has 142 valence electrons. The Morgan fingerprint density at radius 3 is 2.08 bits per heavy atom. The second-order valence-corrected chi connectivity index (χ2v) is 7.91. The number of halogens is 2. The highest BCUT2D eigenvalue weighted by Crippen LogP contribution is 2.36. The third-order valence-electron chi connectivity index (χ3n) is 5.48. The lowest BCUT2D eigenvalue weighted by atomic mass is 9.78. The van der Waals surface area contributed by atoms with Crippen molar-refractivity contribution in [1.82, 2.24) is 9.80 Å². The molecule has 0 amide bonds. The summed E-state index contributed by atoms with van der Waals surface area (Å²) in [6.45, 7) is 14.0. The molecule has 0 atom stereocenters. The van der Waals surface area contributed by atoms with Crippen LogP contribution in [0.2, 0.25) is 0 Å². The Labute approximate surface area is 165 Å². The minimum absolute atomic E-state index is 0. The van der Waals surface area contributed by atoms with Crippen LogP contribution in [0.5, 0.6) is 0 Å². The van der Waals surface area contributed by atoms with E-state index in [0.29, 0.717) is 0 Å². The van der Waals surface area contributed by atoms with Crippen molar-refractivity contribution in [1.29, 1.82) is 0 Å². The van der Waals surface area contributed by atoms with Gasteiger partial charge >= 0.3 is 7.12 Å². The summed E-state index contributed by atoms with van der Waals surface area (Å²) in [6, 6.07) is 8.66. The Morgan fingerprint density at radius 1 is 0.960 bits per heavy atom. The highest BCUT2D eigenvalue weighted by Gasteiger charge is 2.51. The molecule has 0 spiro atoms. The zero-order valence-corrected chi connectivity index (χ0v) is 17.6. The van der Waals surface area contributed by atoms with Gasteiger partial charge in [0.2, 0.25) is 0 Å². The monoisotopic (exact) mass is 388 g/mol. The number of benzene rings is 1. The summed E-state index contributed by atoms with van der Waals surface area (Å²) in [5, 5.41) is 0. The van der Waals surface area contributed by atoms with Gasteiger partial charge in [-0.25, -0.2) is 0 Å². The molecule has 1 aromatic rings. The first-order valence-electron chi connectivity index (χ1n) is 8.62. The van der Waals surface area contributed by atoms with Crippen LogP contribution in [0.25, 0.3) is 0 Å². The maximum absolute atomic E-state index is 6.17. The average Bonchev–Trinajstić information content (AvgIpc) is 2.70. The van der Waals surface area contributed by atoms with Gasteiger partial charge in [0.05, 0.1) is 11.2 Å². The molecule has 25 heavy (non-hydrogen) atoms. The first-order chi connectivity index (χ1) is 10.8. The number of piperazine rings is 1. The van der Waals surface area contributed by atoms with Crippen molar-refractivity contribution in [3.05, 3.63) is 29.8 Å². The molecule has 0 aromatic heterocycles. The molecule has 0 radical (unpaired) electrons. The van der Waals surface area contributed by atoms with Crippen LogP contribution in [0.4, 0.5) is 0 Å². The van der Waals surface area contributed by atoms with Crippen LogP contribution in [-0.4, -0.2) is 61.3 Å². The van der Waals surface area contributed by atoms with Gasteiger partial charge in [0.1, 0.15) is 0 Å².